The van der Waals surface area contributed by atoms with Crippen LogP contribution >= 0.6 is 15.9 Å². The van der Waals surface area contributed by atoms with Crippen molar-refractivity contribution in [1.29, 1.82) is 0 Å². The summed E-state index contributed by atoms with van der Waals surface area (Å²) in [5, 5.41) is 0. The Kier molecular flexibility index (Phi) is 3.75. The van der Waals surface area contributed by atoms with Crippen molar-refractivity contribution < 1.29 is 4.74 Å². The van der Waals surface area contributed by atoms with E-state index >= 15 is 0 Å². The van der Waals surface area contributed by atoms with Crippen LogP contribution in [0.4, 0.5) is 0 Å². The molecule has 3 heteroatoms. The average Bonchev–Trinajstić information content (AvgIpc) is 2.17. The summed E-state index contributed by atoms with van der Waals surface area (Å²) < 4.78 is 6.17. The lowest BCUT2D eigenvalue weighted by Crippen LogP contribution is -2.09. The van der Waals surface area contributed by atoms with Gasteiger partial charge in [0, 0.05) is 10.5 Å². The van der Waals surface area contributed by atoms with E-state index in [1.165, 1.54) is 0 Å². The van der Waals surface area contributed by atoms with Crippen molar-refractivity contribution in [1.82, 2.24) is 0 Å². The highest BCUT2D eigenvalue weighted by Crippen LogP contribution is 2.27. The molecule has 0 fully saturated rings. The Hall–Kier alpha value is -0.540. The molecule has 1 aromatic rings. The van der Waals surface area contributed by atoms with Gasteiger partial charge in [-0.2, -0.15) is 0 Å². The number of benzene rings is 1. The highest BCUT2D eigenvalue weighted by atomic mass is 79.9. The van der Waals surface area contributed by atoms with E-state index in [0.29, 0.717) is 0 Å². The van der Waals surface area contributed by atoms with Gasteiger partial charge >= 0.3 is 0 Å². The first-order chi connectivity index (χ1) is 6.19. The van der Waals surface area contributed by atoms with Crippen LogP contribution in [0.2, 0.25) is 0 Å². The standard InChI is InChI=1S/C10H14BrNO/c1-3-10(12)8-6-7(13-2)4-5-9(8)11/h4-6,10H,3,12H2,1-2H3/t10-/m1/s1. The SMILES string of the molecule is CC[C@@H](N)c1cc(OC)ccc1Br. The van der Waals surface area contributed by atoms with Gasteiger partial charge < -0.3 is 10.5 Å². The summed E-state index contributed by atoms with van der Waals surface area (Å²) in [5.74, 6) is 0.849. The Balaban J connectivity index is 3.03. The molecule has 13 heavy (non-hydrogen) atoms. The third-order valence-corrected chi connectivity index (χ3v) is 2.76. The zero-order valence-electron chi connectivity index (χ0n) is 7.88. The first kappa shape index (κ1) is 10.5. The summed E-state index contributed by atoms with van der Waals surface area (Å²) in [5.41, 5.74) is 7.03. The third-order valence-electron chi connectivity index (χ3n) is 2.04. The molecule has 0 aromatic heterocycles. The van der Waals surface area contributed by atoms with E-state index in [-0.39, 0.29) is 6.04 Å². The van der Waals surface area contributed by atoms with Crippen LogP contribution in [0.25, 0.3) is 0 Å². The summed E-state index contributed by atoms with van der Waals surface area (Å²) in [6, 6.07) is 5.92. The van der Waals surface area contributed by atoms with Gasteiger partial charge in [-0.05, 0) is 30.2 Å². The van der Waals surface area contributed by atoms with Gasteiger partial charge in [0.25, 0.3) is 0 Å². The topological polar surface area (TPSA) is 35.2 Å². The fourth-order valence-electron chi connectivity index (χ4n) is 1.15. The van der Waals surface area contributed by atoms with Crippen LogP contribution < -0.4 is 10.5 Å². The quantitative estimate of drug-likeness (QED) is 0.887. The van der Waals surface area contributed by atoms with Crippen LogP contribution in [0.15, 0.2) is 22.7 Å². The van der Waals surface area contributed by atoms with Gasteiger partial charge in [-0.1, -0.05) is 22.9 Å². The molecule has 0 spiro atoms. The second-order valence-corrected chi connectivity index (χ2v) is 3.76. The maximum Gasteiger partial charge on any atom is 0.119 e. The highest BCUT2D eigenvalue weighted by molar-refractivity contribution is 9.10. The van der Waals surface area contributed by atoms with Gasteiger partial charge in [-0.3, -0.25) is 0 Å². The van der Waals surface area contributed by atoms with Gasteiger partial charge in [0.2, 0.25) is 0 Å². The molecule has 0 heterocycles. The van der Waals surface area contributed by atoms with Crippen molar-refractivity contribution in [2.45, 2.75) is 19.4 Å². The van der Waals surface area contributed by atoms with E-state index in [2.05, 4.69) is 22.9 Å². The van der Waals surface area contributed by atoms with Gasteiger partial charge in [0.15, 0.2) is 0 Å². The average molecular weight is 244 g/mol. The molecule has 0 aliphatic rings. The first-order valence-corrected chi connectivity index (χ1v) is 5.07. The van der Waals surface area contributed by atoms with Crippen LogP contribution in [-0.4, -0.2) is 7.11 Å². The summed E-state index contributed by atoms with van der Waals surface area (Å²) in [6.45, 7) is 2.07. The molecule has 0 saturated heterocycles. The van der Waals surface area contributed by atoms with Gasteiger partial charge in [0.05, 0.1) is 7.11 Å². The number of methoxy groups -OCH3 is 1. The van der Waals surface area contributed by atoms with Crippen molar-refractivity contribution in [2.24, 2.45) is 5.73 Å². The molecule has 0 unspecified atom stereocenters. The monoisotopic (exact) mass is 243 g/mol. The van der Waals surface area contributed by atoms with Crippen LogP contribution in [0.3, 0.4) is 0 Å². The van der Waals surface area contributed by atoms with Crippen LogP contribution in [0.5, 0.6) is 5.75 Å². The fourth-order valence-corrected chi connectivity index (χ4v) is 1.69. The molecule has 1 rings (SSSR count). The third kappa shape index (κ3) is 2.45. The Morgan fingerprint density at radius 1 is 1.54 bits per heavy atom. The van der Waals surface area contributed by atoms with Gasteiger partial charge in [0.1, 0.15) is 5.75 Å². The number of hydrogen-bond donors (Lipinski definition) is 1. The molecule has 72 valence electrons. The predicted molar refractivity (Wildman–Crippen MR) is 57.9 cm³/mol. The van der Waals surface area contributed by atoms with Crippen molar-refractivity contribution in [3.8, 4) is 5.75 Å². The molecule has 1 atom stereocenters. The number of nitrogens with two attached hydrogens (primary N) is 1. The highest BCUT2D eigenvalue weighted by Gasteiger charge is 2.08. The number of ether oxygens (including phenoxy) is 1. The summed E-state index contributed by atoms with van der Waals surface area (Å²) in [6.07, 6.45) is 0.922. The van der Waals surface area contributed by atoms with Gasteiger partial charge in [-0.25, -0.2) is 0 Å². The zero-order chi connectivity index (χ0) is 9.84. The molecule has 0 saturated carbocycles. The fraction of sp³-hybridized carbons (Fsp3) is 0.400. The molecule has 2 N–H and O–H groups in total. The molecule has 0 radical (unpaired) electrons. The minimum absolute atomic E-state index is 0.0736. The van der Waals surface area contributed by atoms with E-state index in [4.69, 9.17) is 10.5 Å². The minimum Gasteiger partial charge on any atom is -0.497 e. The lowest BCUT2D eigenvalue weighted by Gasteiger charge is -2.12. The normalized spacial score (nSPS) is 12.6. The molecular formula is C10H14BrNO. The number of hydrogen-bond acceptors (Lipinski definition) is 2. The van der Waals surface area contributed by atoms with Crippen LogP contribution in [0, 0.1) is 0 Å². The Bertz CT molecular complexity index is 288. The Morgan fingerprint density at radius 2 is 2.23 bits per heavy atom. The van der Waals surface area contributed by atoms with E-state index in [9.17, 15) is 0 Å². The Morgan fingerprint density at radius 3 is 2.77 bits per heavy atom. The van der Waals surface area contributed by atoms with Crippen molar-refractivity contribution in [2.75, 3.05) is 7.11 Å². The summed E-state index contributed by atoms with van der Waals surface area (Å²) in [7, 11) is 1.66. The van der Waals surface area contributed by atoms with Crippen molar-refractivity contribution in [3.05, 3.63) is 28.2 Å². The van der Waals surface area contributed by atoms with Crippen molar-refractivity contribution >= 4 is 15.9 Å². The second-order valence-electron chi connectivity index (χ2n) is 2.90. The van der Waals surface area contributed by atoms with Gasteiger partial charge in [-0.15, -0.1) is 0 Å². The summed E-state index contributed by atoms with van der Waals surface area (Å²) in [4.78, 5) is 0. The summed E-state index contributed by atoms with van der Waals surface area (Å²) >= 11 is 3.47. The maximum atomic E-state index is 5.93. The maximum absolute atomic E-state index is 5.93. The van der Waals surface area contributed by atoms with E-state index in [1.54, 1.807) is 7.11 Å². The lowest BCUT2D eigenvalue weighted by molar-refractivity contribution is 0.413. The van der Waals surface area contributed by atoms with Crippen molar-refractivity contribution in [3.63, 3.8) is 0 Å². The minimum atomic E-state index is 0.0736. The number of halogens is 1. The van der Waals surface area contributed by atoms with E-state index in [0.717, 1.165) is 22.2 Å². The largest absolute Gasteiger partial charge is 0.497 e. The predicted octanol–water partition coefficient (Wildman–Crippen LogP) is 2.87. The molecule has 0 aliphatic heterocycles. The molecule has 2 nitrogen and oxygen atoms in total. The molecule has 0 bridgehead atoms. The lowest BCUT2D eigenvalue weighted by atomic mass is 10.1. The van der Waals surface area contributed by atoms with E-state index < -0.39 is 0 Å². The Labute approximate surface area is 87.2 Å². The molecular weight excluding hydrogens is 230 g/mol. The van der Waals surface area contributed by atoms with E-state index in [1.807, 2.05) is 18.2 Å². The molecule has 0 amide bonds. The zero-order valence-corrected chi connectivity index (χ0v) is 9.47. The van der Waals surface area contributed by atoms with Crippen LogP contribution in [-0.2, 0) is 0 Å². The van der Waals surface area contributed by atoms with Crippen LogP contribution in [0.1, 0.15) is 24.9 Å². The smallest absolute Gasteiger partial charge is 0.119 e. The second kappa shape index (κ2) is 4.63. The molecule has 0 aliphatic carbocycles. The first-order valence-electron chi connectivity index (χ1n) is 4.28. The number of rotatable bonds is 3. The molecule has 1 aromatic carbocycles.